The van der Waals surface area contributed by atoms with Gasteiger partial charge in [-0.3, -0.25) is 4.68 Å². The van der Waals surface area contributed by atoms with Crippen LogP contribution in [0.1, 0.15) is 36.2 Å². The Labute approximate surface area is 131 Å². The zero-order chi connectivity index (χ0) is 15.7. The fraction of sp³-hybridized carbons (Fsp3) is 0.500. The molecule has 118 valence electrons. The van der Waals surface area contributed by atoms with E-state index in [0.29, 0.717) is 28.3 Å². The third kappa shape index (κ3) is 2.90. The van der Waals surface area contributed by atoms with Gasteiger partial charge in [-0.2, -0.15) is 5.10 Å². The van der Waals surface area contributed by atoms with E-state index in [9.17, 15) is 8.78 Å². The highest BCUT2D eigenvalue weighted by atomic mass is 35.5. The minimum Gasteiger partial charge on any atom is -0.321 e. The molecule has 1 N–H and O–H groups in total. The maximum Gasteiger partial charge on any atom is 0.227 e. The van der Waals surface area contributed by atoms with E-state index >= 15 is 0 Å². The third-order valence-corrected chi connectivity index (χ3v) is 4.02. The maximum absolute atomic E-state index is 12.8. The van der Waals surface area contributed by atoms with Gasteiger partial charge in [-0.25, -0.2) is 18.7 Å². The average molecular weight is 328 g/mol. The van der Waals surface area contributed by atoms with Crippen LogP contribution in [0.3, 0.4) is 0 Å². The molecule has 0 spiro atoms. The quantitative estimate of drug-likeness (QED) is 0.878. The van der Waals surface area contributed by atoms with Crippen molar-refractivity contribution in [3.63, 3.8) is 0 Å². The van der Waals surface area contributed by atoms with Crippen molar-refractivity contribution in [3.05, 3.63) is 28.8 Å². The van der Waals surface area contributed by atoms with E-state index in [0.717, 1.165) is 18.5 Å². The Hall–Kier alpha value is -1.76. The van der Waals surface area contributed by atoms with Gasteiger partial charge in [0.25, 0.3) is 0 Å². The zero-order valence-electron chi connectivity index (χ0n) is 12.1. The Kier molecular flexibility index (Phi) is 4.24. The van der Waals surface area contributed by atoms with E-state index in [-0.39, 0.29) is 0 Å². The topological polar surface area (TPSA) is 55.6 Å². The monoisotopic (exact) mass is 327 g/mol. The highest BCUT2D eigenvalue weighted by molar-refractivity contribution is 6.31. The second-order valence-corrected chi connectivity index (χ2v) is 5.78. The van der Waals surface area contributed by atoms with Crippen LogP contribution in [0.15, 0.2) is 12.4 Å². The number of aromatic nitrogens is 4. The Morgan fingerprint density at radius 3 is 2.73 bits per heavy atom. The van der Waals surface area contributed by atoms with Crippen LogP contribution in [-0.4, -0.2) is 33.1 Å². The summed E-state index contributed by atoms with van der Waals surface area (Å²) in [5, 5.41) is 7.64. The smallest absolute Gasteiger partial charge is 0.227 e. The van der Waals surface area contributed by atoms with Crippen LogP contribution in [0.5, 0.6) is 0 Å². The Morgan fingerprint density at radius 2 is 2.09 bits per heavy atom. The zero-order valence-corrected chi connectivity index (χ0v) is 12.8. The molecule has 0 radical (unpaired) electrons. The first-order valence-electron chi connectivity index (χ1n) is 7.09. The van der Waals surface area contributed by atoms with Gasteiger partial charge >= 0.3 is 0 Å². The van der Waals surface area contributed by atoms with Gasteiger partial charge in [-0.1, -0.05) is 11.6 Å². The van der Waals surface area contributed by atoms with Gasteiger partial charge in [0.1, 0.15) is 19.4 Å². The first kappa shape index (κ1) is 15.1. The number of anilines is 2. The molecule has 3 rings (SSSR count). The molecule has 22 heavy (non-hydrogen) atoms. The standard InChI is InChI=1S/C14H16ClF2N5/c1-8-12(7-19-22(8)10(4-16)5-17)20-14-18-6-11(15)13(21-14)9-2-3-9/h6-7,9-10H,2-5H2,1H3,(H,18,20,21). The van der Waals surface area contributed by atoms with E-state index in [4.69, 9.17) is 11.6 Å². The van der Waals surface area contributed by atoms with Crippen molar-refractivity contribution < 1.29 is 8.78 Å². The summed E-state index contributed by atoms with van der Waals surface area (Å²) in [5.41, 5.74) is 2.09. The lowest BCUT2D eigenvalue weighted by Crippen LogP contribution is -2.16. The lowest BCUT2D eigenvalue weighted by atomic mass is 10.3. The van der Waals surface area contributed by atoms with Gasteiger partial charge in [0.05, 0.1) is 34.5 Å². The molecule has 0 atom stereocenters. The summed E-state index contributed by atoms with van der Waals surface area (Å²) < 4.78 is 26.9. The SMILES string of the molecule is Cc1c(Nc2ncc(Cl)c(C3CC3)n2)cnn1C(CF)CF. The van der Waals surface area contributed by atoms with Crippen LogP contribution in [-0.2, 0) is 0 Å². The highest BCUT2D eigenvalue weighted by Gasteiger charge is 2.28. The van der Waals surface area contributed by atoms with Gasteiger partial charge in [0, 0.05) is 5.92 Å². The number of nitrogens with one attached hydrogen (secondary N) is 1. The van der Waals surface area contributed by atoms with Crippen molar-refractivity contribution in [1.82, 2.24) is 19.7 Å². The molecule has 1 aliphatic carbocycles. The number of hydrogen-bond acceptors (Lipinski definition) is 4. The normalized spacial score (nSPS) is 14.6. The van der Waals surface area contributed by atoms with Crippen molar-refractivity contribution in [2.75, 3.05) is 18.7 Å². The minimum absolute atomic E-state index is 0.405. The molecule has 0 aromatic carbocycles. The molecule has 1 saturated carbocycles. The van der Waals surface area contributed by atoms with E-state index in [1.807, 2.05) is 0 Å². The number of hydrogen-bond donors (Lipinski definition) is 1. The Bertz CT molecular complexity index is 667. The number of halogens is 3. The number of alkyl halides is 2. The van der Waals surface area contributed by atoms with Gasteiger partial charge in [0.15, 0.2) is 0 Å². The van der Waals surface area contributed by atoms with Crippen LogP contribution < -0.4 is 5.32 Å². The second kappa shape index (κ2) is 6.16. The minimum atomic E-state index is -0.899. The molecule has 0 unspecified atom stereocenters. The summed E-state index contributed by atoms with van der Waals surface area (Å²) in [4.78, 5) is 8.57. The average Bonchev–Trinajstić information content (AvgIpc) is 3.30. The fourth-order valence-corrected chi connectivity index (χ4v) is 2.54. The molecular formula is C14H16ClF2N5. The largest absolute Gasteiger partial charge is 0.321 e. The highest BCUT2D eigenvalue weighted by Crippen LogP contribution is 2.42. The van der Waals surface area contributed by atoms with Crippen LogP contribution in [0.2, 0.25) is 5.02 Å². The molecule has 0 aliphatic heterocycles. The molecule has 8 heteroatoms. The third-order valence-electron chi connectivity index (χ3n) is 3.73. The van der Waals surface area contributed by atoms with Gasteiger partial charge in [0.2, 0.25) is 5.95 Å². The molecule has 0 saturated heterocycles. The number of rotatable bonds is 6. The predicted molar refractivity (Wildman–Crippen MR) is 80.3 cm³/mol. The summed E-state index contributed by atoms with van der Waals surface area (Å²) in [5.74, 6) is 0.813. The first-order valence-corrected chi connectivity index (χ1v) is 7.47. The number of nitrogens with zero attached hydrogens (tertiary/aromatic N) is 4. The molecular weight excluding hydrogens is 312 g/mol. The van der Waals surface area contributed by atoms with E-state index < -0.39 is 19.4 Å². The molecule has 0 amide bonds. The van der Waals surface area contributed by atoms with Crippen molar-refractivity contribution >= 4 is 23.2 Å². The molecule has 2 aromatic rings. The van der Waals surface area contributed by atoms with Gasteiger partial charge < -0.3 is 5.32 Å². The second-order valence-electron chi connectivity index (χ2n) is 5.38. The van der Waals surface area contributed by atoms with Crippen LogP contribution in [0.4, 0.5) is 20.4 Å². The molecule has 1 aliphatic rings. The molecule has 2 aromatic heterocycles. The summed E-state index contributed by atoms with van der Waals surface area (Å²) in [6.45, 7) is 0.134. The van der Waals surface area contributed by atoms with E-state index in [1.54, 1.807) is 13.1 Å². The van der Waals surface area contributed by atoms with E-state index in [2.05, 4.69) is 20.4 Å². The van der Waals surface area contributed by atoms with Gasteiger partial charge in [-0.05, 0) is 19.8 Å². The predicted octanol–water partition coefficient (Wildman–Crippen LogP) is 3.74. The molecule has 5 nitrogen and oxygen atoms in total. The lowest BCUT2D eigenvalue weighted by molar-refractivity contribution is 0.269. The van der Waals surface area contributed by atoms with Crippen molar-refractivity contribution in [1.29, 1.82) is 0 Å². The van der Waals surface area contributed by atoms with Crippen LogP contribution >= 0.6 is 11.6 Å². The Balaban J connectivity index is 1.83. The maximum atomic E-state index is 12.8. The van der Waals surface area contributed by atoms with Gasteiger partial charge in [-0.15, -0.1) is 0 Å². The van der Waals surface area contributed by atoms with E-state index in [1.165, 1.54) is 10.9 Å². The van der Waals surface area contributed by atoms with Crippen molar-refractivity contribution in [2.45, 2.75) is 31.7 Å². The molecule has 2 heterocycles. The van der Waals surface area contributed by atoms with Crippen LogP contribution in [0.25, 0.3) is 0 Å². The summed E-state index contributed by atoms with van der Waals surface area (Å²) in [6, 6.07) is -0.899. The fourth-order valence-electron chi connectivity index (χ4n) is 2.29. The van der Waals surface area contributed by atoms with Crippen molar-refractivity contribution in [3.8, 4) is 0 Å². The Morgan fingerprint density at radius 1 is 1.36 bits per heavy atom. The lowest BCUT2D eigenvalue weighted by Gasteiger charge is -2.12. The molecule has 0 bridgehead atoms. The van der Waals surface area contributed by atoms with Crippen LogP contribution in [0, 0.1) is 6.92 Å². The van der Waals surface area contributed by atoms with Crippen molar-refractivity contribution in [2.24, 2.45) is 0 Å². The summed E-state index contributed by atoms with van der Waals surface area (Å²) in [7, 11) is 0. The first-order chi connectivity index (χ1) is 10.6. The molecule has 1 fully saturated rings. The summed E-state index contributed by atoms with van der Waals surface area (Å²) >= 11 is 6.10. The summed E-state index contributed by atoms with van der Waals surface area (Å²) in [6.07, 6.45) is 5.25.